The molecular weight excluding hydrogens is 311 g/mol. The second-order valence-electron chi connectivity index (χ2n) is 5.58. The number of halogens is 2. The zero-order valence-corrected chi connectivity index (χ0v) is 13.5. The summed E-state index contributed by atoms with van der Waals surface area (Å²) in [5, 5.41) is 4.18. The summed E-state index contributed by atoms with van der Waals surface area (Å²) in [7, 11) is 0. The molecule has 0 bridgehead atoms. The van der Waals surface area contributed by atoms with E-state index in [1.165, 1.54) is 0 Å². The third kappa shape index (κ3) is 4.33. The van der Waals surface area contributed by atoms with Crippen molar-refractivity contribution in [2.75, 3.05) is 13.2 Å². The molecule has 0 saturated carbocycles. The van der Waals surface area contributed by atoms with Crippen molar-refractivity contribution >= 4 is 29.1 Å². The predicted octanol–water partition coefficient (Wildman–Crippen LogP) is 2.55. The minimum atomic E-state index is -0.823. The highest BCUT2D eigenvalue weighted by molar-refractivity contribution is 6.35. The molecule has 116 valence electrons. The van der Waals surface area contributed by atoms with Gasteiger partial charge in [0.25, 0.3) is 0 Å². The maximum atomic E-state index is 12.3. The molecule has 6 heteroatoms. The molecule has 1 saturated heterocycles. The minimum absolute atomic E-state index is 0.0561. The quantitative estimate of drug-likeness (QED) is 0.891. The van der Waals surface area contributed by atoms with Crippen LogP contribution in [0.2, 0.25) is 10.0 Å². The molecule has 1 aliphatic heterocycles. The van der Waals surface area contributed by atoms with Gasteiger partial charge in [-0.2, -0.15) is 0 Å². The summed E-state index contributed by atoms with van der Waals surface area (Å²) in [6.45, 7) is 2.99. The summed E-state index contributed by atoms with van der Waals surface area (Å²) in [6, 6.07) is 5.32. The number of ether oxygens (including phenoxy) is 1. The van der Waals surface area contributed by atoms with Crippen LogP contribution in [0.3, 0.4) is 0 Å². The molecule has 0 spiro atoms. The molecule has 1 aromatic rings. The van der Waals surface area contributed by atoms with Gasteiger partial charge in [-0.15, -0.1) is 0 Å². The molecule has 1 heterocycles. The summed E-state index contributed by atoms with van der Waals surface area (Å²) >= 11 is 12.0. The molecule has 1 amide bonds. The molecule has 0 aromatic heterocycles. The molecule has 2 rings (SSSR count). The Balaban J connectivity index is 1.94. The van der Waals surface area contributed by atoms with Gasteiger partial charge in [0, 0.05) is 29.3 Å². The average molecular weight is 331 g/mol. The Morgan fingerprint density at radius 2 is 2.10 bits per heavy atom. The van der Waals surface area contributed by atoms with Crippen LogP contribution < -0.4 is 11.1 Å². The Hall–Kier alpha value is -0.810. The van der Waals surface area contributed by atoms with E-state index < -0.39 is 5.54 Å². The number of hydrogen-bond acceptors (Lipinski definition) is 3. The van der Waals surface area contributed by atoms with Crippen molar-refractivity contribution in [2.24, 2.45) is 5.73 Å². The van der Waals surface area contributed by atoms with Crippen LogP contribution in [-0.2, 0) is 16.0 Å². The highest BCUT2D eigenvalue weighted by atomic mass is 35.5. The largest absolute Gasteiger partial charge is 0.381 e. The fourth-order valence-corrected chi connectivity index (χ4v) is 2.88. The van der Waals surface area contributed by atoms with Crippen LogP contribution >= 0.6 is 23.2 Å². The number of nitrogens with one attached hydrogen (secondary N) is 1. The number of rotatable bonds is 4. The van der Waals surface area contributed by atoms with Crippen LogP contribution in [0.4, 0.5) is 0 Å². The fourth-order valence-electron chi connectivity index (χ4n) is 2.40. The van der Waals surface area contributed by atoms with E-state index in [4.69, 9.17) is 33.7 Å². The second-order valence-corrected chi connectivity index (χ2v) is 6.43. The first-order valence-corrected chi connectivity index (χ1v) is 7.78. The Labute approximate surface area is 134 Å². The van der Waals surface area contributed by atoms with E-state index in [2.05, 4.69) is 5.32 Å². The minimum Gasteiger partial charge on any atom is -0.381 e. The molecule has 3 N–H and O–H groups in total. The highest BCUT2D eigenvalue weighted by Crippen LogP contribution is 2.23. The lowest BCUT2D eigenvalue weighted by Crippen LogP contribution is -2.58. The SMILES string of the molecule is CC(Cc1ccc(Cl)cc1Cl)NC(=O)C1(N)CCOCC1. The lowest BCUT2D eigenvalue weighted by atomic mass is 9.90. The van der Waals surface area contributed by atoms with Crippen LogP contribution in [0.25, 0.3) is 0 Å². The summed E-state index contributed by atoms with van der Waals surface area (Å²) in [5.41, 5.74) is 6.29. The van der Waals surface area contributed by atoms with Gasteiger partial charge in [-0.05, 0) is 43.9 Å². The molecule has 1 atom stereocenters. The van der Waals surface area contributed by atoms with Crippen LogP contribution in [0.15, 0.2) is 18.2 Å². The van der Waals surface area contributed by atoms with Gasteiger partial charge >= 0.3 is 0 Å². The lowest BCUT2D eigenvalue weighted by molar-refractivity contribution is -0.130. The fraction of sp³-hybridized carbons (Fsp3) is 0.533. The summed E-state index contributed by atoms with van der Waals surface area (Å²) in [4.78, 5) is 12.3. The van der Waals surface area contributed by atoms with Gasteiger partial charge in [0.05, 0.1) is 5.54 Å². The third-order valence-electron chi connectivity index (χ3n) is 3.76. The number of carbonyl (C=O) groups excluding carboxylic acids is 1. The zero-order valence-electron chi connectivity index (χ0n) is 12.0. The van der Waals surface area contributed by atoms with E-state index in [1.807, 2.05) is 13.0 Å². The van der Waals surface area contributed by atoms with Crippen molar-refractivity contribution in [2.45, 2.75) is 37.8 Å². The van der Waals surface area contributed by atoms with Gasteiger partial charge in [0.15, 0.2) is 0 Å². The second kappa shape index (κ2) is 6.97. The van der Waals surface area contributed by atoms with E-state index in [1.54, 1.807) is 12.1 Å². The van der Waals surface area contributed by atoms with Gasteiger partial charge in [-0.1, -0.05) is 29.3 Å². The summed E-state index contributed by atoms with van der Waals surface area (Å²) in [5.74, 6) is -0.122. The molecule has 1 aromatic carbocycles. The molecule has 21 heavy (non-hydrogen) atoms. The van der Waals surface area contributed by atoms with Crippen molar-refractivity contribution in [1.82, 2.24) is 5.32 Å². The number of benzene rings is 1. The van der Waals surface area contributed by atoms with Crippen molar-refractivity contribution in [1.29, 1.82) is 0 Å². The predicted molar refractivity (Wildman–Crippen MR) is 84.7 cm³/mol. The van der Waals surface area contributed by atoms with E-state index in [-0.39, 0.29) is 11.9 Å². The van der Waals surface area contributed by atoms with Crippen LogP contribution in [0, 0.1) is 0 Å². The lowest BCUT2D eigenvalue weighted by Gasteiger charge is -2.33. The normalized spacial score (nSPS) is 19.0. The van der Waals surface area contributed by atoms with Gasteiger partial charge < -0.3 is 15.8 Å². The maximum absolute atomic E-state index is 12.3. The first-order chi connectivity index (χ1) is 9.90. The molecule has 1 aliphatic rings. The van der Waals surface area contributed by atoms with Crippen LogP contribution in [0.5, 0.6) is 0 Å². The summed E-state index contributed by atoms with van der Waals surface area (Å²) < 4.78 is 5.25. The first-order valence-electron chi connectivity index (χ1n) is 7.02. The van der Waals surface area contributed by atoms with Crippen molar-refractivity contribution in [3.05, 3.63) is 33.8 Å². The van der Waals surface area contributed by atoms with Gasteiger partial charge in [0.1, 0.15) is 0 Å². The van der Waals surface area contributed by atoms with Crippen LogP contribution in [-0.4, -0.2) is 30.7 Å². The van der Waals surface area contributed by atoms with E-state index in [0.29, 0.717) is 42.5 Å². The first kappa shape index (κ1) is 16.6. The average Bonchev–Trinajstić information content (AvgIpc) is 2.43. The number of nitrogens with two attached hydrogens (primary N) is 1. The number of amides is 1. The van der Waals surface area contributed by atoms with Crippen molar-refractivity contribution in [3.63, 3.8) is 0 Å². The molecule has 4 nitrogen and oxygen atoms in total. The number of carbonyl (C=O) groups is 1. The standard InChI is InChI=1S/C15H20Cl2N2O2/c1-10(8-11-2-3-12(16)9-13(11)17)19-14(20)15(18)4-6-21-7-5-15/h2-3,9-10H,4-8,18H2,1H3,(H,19,20). The van der Waals surface area contributed by atoms with Crippen LogP contribution in [0.1, 0.15) is 25.3 Å². The Kier molecular flexibility index (Phi) is 5.49. The monoisotopic (exact) mass is 330 g/mol. The Morgan fingerprint density at radius 3 is 2.71 bits per heavy atom. The zero-order chi connectivity index (χ0) is 15.5. The smallest absolute Gasteiger partial charge is 0.240 e. The molecular formula is C15H20Cl2N2O2. The Morgan fingerprint density at radius 1 is 1.43 bits per heavy atom. The number of hydrogen-bond donors (Lipinski definition) is 2. The van der Waals surface area contributed by atoms with Gasteiger partial charge in [0.2, 0.25) is 5.91 Å². The van der Waals surface area contributed by atoms with E-state index >= 15 is 0 Å². The third-order valence-corrected chi connectivity index (χ3v) is 4.34. The topological polar surface area (TPSA) is 64.4 Å². The molecule has 1 fully saturated rings. The van der Waals surface area contributed by atoms with Crippen molar-refractivity contribution < 1.29 is 9.53 Å². The van der Waals surface area contributed by atoms with Gasteiger partial charge in [-0.25, -0.2) is 0 Å². The van der Waals surface area contributed by atoms with E-state index in [9.17, 15) is 4.79 Å². The Bertz CT molecular complexity index is 516. The molecule has 0 radical (unpaired) electrons. The van der Waals surface area contributed by atoms with Gasteiger partial charge in [-0.3, -0.25) is 4.79 Å². The maximum Gasteiger partial charge on any atom is 0.240 e. The molecule has 0 aliphatic carbocycles. The molecule has 1 unspecified atom stereocenters. The summed E-state index contributed by atoms with van der Waals surface area (Å²) in [6.07, 6.45) is 1.73. The highest BCUT2D eigenvalue weighted by Gasteiger charge is 2.36. The van der Waals surface area contributed by atoms with Crippen molar-refractivity contribution in [3.8, 4) is 0 Å². The van der Waals surface area contributed by atoms with E-state index in [0.717, 1.165) is 5.56 Å².